The van der Waals surface area contributed by atoms with Gasteiger partial charge in [-0.1, -0.05) is 146 Å². The zero-order valence-corrected chi connectivity index (χ0v) is 33.9. The zero-order chi connectivity index (χ0) is 41.0. The van der Waals surface area contributed by atoms with E-state index in [1.165, 1.54) is 21.9 Å². The van der Waals surface area contributed by atoms with E-state index in [2.05, 4.69) is 262 Å². The van der Waals surface area contributed by atoms with E-state index in [1.54, 1.807) is 0 Å². The Bertz CT molecular complexity index is 3160. The van der Waals surface area contributed by atoms with E-state index in [9.17, 15) is 0 Å². The zero-order valence-electron chi connectivity index (χ0n) is 33.9. The third-order valence-corrected chi connectivity index (χ3v) is 12.2. The van der Waals surface area contributed by atoms with Crippen molar-refractivity contribution in [1.82, 2.24) is 0 Å². The van der Waals surface area contributed by atoms with Crippen LogP contribution >= 0.6 is 0 Å². The highest BCUT2D eigenvalue weighted by Gasteiger charge is 2.38. The van der Waals surface area contributed by atoms with Gasteiger partial charge in [0.25, 0.3) is 0 Å². The van der Waals surface area contributed by atoms with Crippen LogP contribution in [0.3, 0.4) is 0 Å². The molecule has 0 atom stereocenters. The summed E-state index contributed by atoms with van der Waals surface area (Å²) < 4.78 is 0. The van der Waals surface area contributed by atoms with Gasteiger partial charge >= 0.3 is 0 Å². The lowest BCUT2D eigenvalue weighted by atomic mass is 9.92. The molecule has 2 aliphatic rings. The van der Waals surface area contributed by atoms with Crippen LogP contribution in [0.15, 0.2) is 243 Å². The highest BCUT2D eigenvalue weighted by molar-refractivity contribution is 6.18. The number of benzene rings is 10. The van der Waals surface area contributed by atoms with Gasteiger partial charge in [-0.2, -0.15) is 0 Å². The van der Waals surface area contributed by atoms with E-state index in [0.717, 1.165) is 79.4 Å². The molecule has 0 radical (unpaired) electrons. The smallest absolute Gasteiger partial charge is 0.0784 e. The van der Waals surface area contributed by atoms with Gasteiger partial charge in [-0.3, -0.25) is 0 Å². The first kappa shape index (κ1) is 35.6. The molecule has 12 rings (SSSR count). The molecule has 0 aliphatic carbocycles. The van der Waals surface area contributed by atoms with E-state index < -0.39 is 0 Å². The monoisotopic (exact) mass is 792 g/mol. The number of para-hydroxylation sites is 5. The molecule has 2 aliphatic heterocycles. The Hall–Kier alpha value is -8.34. The summed E-state index contributed by atoms with van der Waals surface area (Å²) in [4.78, 5) is 9.79. The van der Waals surface area contributed by atoms with E-state index in [0.29, 0.717) is 0 Å². The summed E-state index contributed by atoms with van der Waals surface area (Å²) in [5.74, 6) is 0. The quantitative estimate of drug-likeness (QED) is 0.159. The summed E-state index contributed by atoms with van der Waals surface area (Å²) >= 11 is 0. The fourth-order valence-electron chi connectivity index (χ4n) is 9.57. The molecular formula is C58H40N4. The Kier molecular flexibility index (Phi) is 8.46. The minimum absolute atomic E-state index is 1.07. The van der Waals surface area contributed by atoms with Crippen molar-refractivity contribution in [1.29, 1.82) is 0 Å². The van der Waals surface area contributed by atoms with Crippen molar-refractivity contribution in [2.24, 2.45) is 0 Å². The van der Waals surface area contributed by atoms with Crippen LogP contribution in [0.4, 0.5) is 68.2 Å². The van der Waals surface area contributed by atoms with Crippen LogP contribution in [0, 0.1) is 0 Å². The highest BCUT2D eigenvalue weighted by Crippen LogP contribution is 2.63. The van der Waals surface area contributed by atoms with Gasteiger partial charge in [0.05, 0.1) is 28.4 Å². The van der Waals surface area contributed by atoms with Gasteiger partial charge in [-0.05, 0) is 114 Å². The number of hydrogen-bond acceptors (Lipinski definition) is 4. The molecule has 0 bridgehead atoms. The number of fused-ring (bicyclic) bond motifs is 9. The maximum Gasteiger partial charge on any atom is 0.0784 e. The van der Waals surface area contributed by atoms with Crippen molar-refractivity contribution in [3.8, 4) is 22.3 Å². The average Bonchev–Trinajstić information content (AvgIpc) is 3.46. The van der Waals surface area contributed by atoms with Crippen molar-refractivity contribution in [2.75, 3.05) is 19.6 Å². The summed E-state index contributed by atoms with van der Waals surface area (Å²) in [5.41, 5.74) is 18.0. The Morgan fingerprint density at radius 1 is 0.258 bits per heavy atom. The molecule has 2 heterocycles. The molecule has 10 aromatic carbocycles. The Morgan fingerprint density at radius 3 is 1.32 bits per heavy atom. The molecule has 292 valence electrons. The van der Waals surface area contributed by atoms with Crippen LogP contribution in [0.25, 0.3) is 33.0 Å². The summed E-state index contributed by atoms with van der Waals surface area (Å²) in [7, 11) is 0. The second-order valence-corrected chi connectivity index (χ2v) is 15.8. The number of anilines is 12. The number of nitrogens with zero attached hydrogens (tertiary/aromatic N) is 4. The fourth-order valence-corrected chi connectivity index (χ4v) is 9.57. The summed E-state index contributed by atoms with van der Waals surface area (Å²) in [6.07, 6.45) is 0. The van der Waals surface area contributed by atoms with Gasteiger partial charge in [0.1, 0.15) is 0 Å². The molecule has 0 aromatic heterocycles. The van der Waals surface area contributed by atoms with Crippen molar-refractivity contribution >= 4 is 79.0 Å². The lowest BCUT2D eigenvalue weighted by Gasteiger charge is -2.42. The van der Waals surface area contributed by atoms with Crippen LogP contribution < -0.4 is 19.6 Å². The molecule has 0 spiro atoms. The lowest BCUT2D eigenvalue weighted by molar-refractivity contribution is 1.18. The minimum atomic E-state index is 1.07. The maximum atomic E-state index is 2.54. The molecule has 0 saturated carbocycles. The van der Waals surface area contributed by atoms with Gasteiger partial charge in [0.2, 0.25) is 0 Å². The predicted octanol–water partition coefficient (Wildman–Crippen LogP) is 16.7. The van der Waals surface area contributed by atoms with E-state index >= 15 is 0 Å². The molecule has 62 heavy (non-hydrogen) atoms. The third-order valence-electron chi connectivity index (χ3n) is 12.2. The first-order valence-electron chi connectivity index (χ1n) is 21.2. The summed E-state index contributed by atoms with van der Waals surface area (Å²) in [6.45, 7) is 0. The molecule has 0 N–H and O–H groups in total. The number of rotatable bonds is 7. The van der Waals surface area contributed by atoms with E-state index in [-0.39, 0.29) is 0 Å². The van der Waals surface area contributed by atoms with Gasteiger partial charge < -0.3 is 19.6 Å². The predicted molar refractivity (Wildman–Crippen MR) is 261 cm³/mol. The molecular weight excluding hydrogens is 753 g/mol. The lowest BCUT2D eigenvalue weighted by Crippen LogP contribution is -2.25. The molecule has 0 unspecified atom stereocenters. The topological polar surface area (TPSA) is 13.0 Å². The van der Waals surface area contributed by atoms with Crippen LogP contribution in [0.2, 0.25) is 0 Å². The van der Waals surface area contributed by atoms with Gasteiger partial charge in [0.15, 0.2) is 0 Å². The Labute approximate surface area is 362 Å². The summed E-state index contributed by atoms with van der Waals surface area (Å²) in [6, 6.07) is 87.9. The average molecular weight is 793 g/mol. The maximum absolute atomic E-state index is 2.54. The molecule has 4 nitrogen and oxygen atoms in total. The molecule has 0 amide bonds. The second-order valence-electron chi connectivity index (χ2n) is 15.8. The standard InChI is InChI=1S/C58H40N4/c1-6-21-42(22-7-1)59(43-23-8-2-9-24-43)47-35-37-54-52(38-47)50-32-18-19-33-51(50)53-39-48(60(44-25-10-3-11-26-44)45-27-12-4-13-28-45)40-56-58(53)62(54)55-36-34-41-20-16-17-31-49(41)57(55)61(56)46-29-14-5-15-30-46/h1-40H. The number of hydrogen-bond donors (Lipinski definition) is 0. The fraction of sp³-hybridized carbons (Fsp3) is 0. The second kappa shape index (κ2) is 14.7. The van der Waals surface area contributed by atoms with Crippen molar-refractivity contribution in [2.45, 2.75) is 0 Å². The minimum Gasteiger partial charge on any atom is -0.310 e. The van der Waals surface area contributed by atoms with E-state index in [4.69, 9.17) is 0 Å². The van der Waals surface area contributed by atoms with Gasteiger partial charge in [-0.15, -0.1) is 0 Å². The Balaban J connectivity index is 1.20. The Morgan fingerprint density at radius 2 is 0.726 bits per heavy atom. The first-order valence-corrected chi connectivity index (χ1v) is 21.2. The first-order chi connectivity index (χ1) is 30.8. The van der Waals surface area contributed by atoms with Gasteiger partial charge in [-0.25, -0.2) is 0 Å². The van der Waals surface area contributed by atoms with Crippen LogP contribution in [-0.2, 0) is 0 Å². The van der Waals surface area contributed by atoms with Crippen molar-refractivity contribution in [3.63, 3.8) is 0 Å². The SMILES string of the molecule is c1ccc(N(c2ccccc2)c2ccc3c(c2)-c2ccccc2-c2cc(N(c4ccccc4)c4ccccc4)cc4c2N3c2ccc3ccccc3c2N4c2ccccc2)cc1. The van der Waals surface area contributed by atoms with Crippen LogP contribution in [-0.4, -0.2) is 0 Å². The largest absolute Gasteiger partial charge is 0.310 e. The van der Waals surface area contributed by atoms with Gasteiger partial charge in [0, 0.05) is 56.3 Å². The molecule has 0 fully saturated rings. The van der Waals surface area contributed by atoms with Crippen LogP contribution in [0.5, 0.6) is 0 Å². The third kappa shape index (κ3) is 5.76. The molecule has 10 aromatic rings. The summed E-state index contributed by atoms with van der Waals surface area (Å²) in [5, 5.41) is 2.38. The van der Waals surface area contributed by atoms with Crippen LogP contribution in [0.1, 0.15) is 0 Å². The van der Waals surface area contributed by atoms with E-state index in [1.807, 2.05) is 0 Å². The van der Waals surface area contributed by atoms with Crippen molar-refractivity contribution in [3.05, 3.63) is 243 Å². The molecule has 0 saturated heterocycles. The van der Waals surface area contributed by atoms with Crippen molar-refractivity contribution < 1.29 is 0 Å². The molecule has 4 heteroatoms. The highest BCUT2D eigenvalue weighted by atomic mass is 15.3. The normalized spacial score (nSPS) is 12.1.